The van der Waals surface area contributed by atoms with Crippen molar-refractivity contribution in [1.29, 1.82) is 0 Å². The zero-order chi connectivity index (χ0) is 17.2. The van der Waals surface area contributed by atoms with E-state index in [4.69, 9.17) is 9.47 Å². The zero-order valence-electron chi connectivity index (χ0n) is 15.2. The van der Waals surface area contributed by atoms with Gasteiger partial charge < -0.3 is 9.47 Å². The molecular formula is C17H30Cl2F2N2O3. The van der Waals surface area contributed by atoms with Gasteiger partial charge in [-0.25, -0.2) is 8.78 Å². The van der Waals surface area contributed by atoms with E-state index in [0.717, 1.165) is 45.1 Å². The molecule has 2 heterocycles. The number of halogens is 4. The highest BCUT2D eigenvalue weighted by Crippen LogP contribution is 2.34. The number of likely N-dealkylation sites (tertiary alicyclic amines) is 2. The van der Waals surface area contributed by atoms with E-state index in [1.54, 1.807) is 0 Å². The van der Waals surface area contributed by atoms with Crippen molar-refractivity contribution in [1.82, 2.24) is 9.80 Å². The molecule has 0 radical (unpaired) electrons. The van der Waals surface area contributed by atoms with Crippen LogP contribution in [0.3, 0.4) is 0 Å². The van der Waals surface area contributed by atoms with Crippen LogP contribution >= 0.6 is 24.8 Å². The first-order valence-electron chi connectivity index (χ1n) is 9.12. The molecule has 1 saturated carbocycles. The van der Waals surface area contributed by atoms with E-state index in [0.29, 0.717) is 13.3 Å². The van der Waals surface area contributed by atoms with Crippen molar-refractivity contribution in [2.45, 2.75) is 63.6 Å². The molecule has 2 aliphatic heterocycles. The van der Waals surface area contributed by atoms with Crippen LogP contribution in [-0.4, -0.2) is 66.9 Å². The number of alkyl halides is 2. The molecule has 0 amide bonds. The van der Waals surface area contributed by atoms with Crippen LogP contribution < -0.4 is 0 Å². The first kappa shape index (κ1) is 23.8. The van der Waals surface area contributed by atoms with Gasteiger partial charge in [-0.2, -0.15) is 0 Å². The van der Waals surface area contributed by atoms with Crippen molar-refractivity contribution in [3.8, 4) is 0 Å². The number of carbonyl (C=O) groups excluding carboxylic acids is 1. The first-order chi connectivity index (χ1) is 11.5. The van der Waals surface area contributed by atoms with E-state index < -0.39 is 5.92 Å². The van der Waals surface area contributed by atoms with E-state index in [-0.39, 0.29) is 62.1 Å². The molecule has 3 aliphatic rings. The van der Waals surface area contributed by atoms with Gasteiger partial charge in [0, 0.05) is 6.54 Å². The van der Waals surface area contributed by atoms with E-state index >= 15 is 0 Å². The molecular weight excluding hydrogens is 389 g/mol. The summed E-state index contributed by atoms with van der Waals surface area (Å²) in [7, 11) is 0. The van der Waals surface area contributed by atoms with Crippen LogP contribution in [0.1, 0.15) is 45.4 Å². The topological polar surface area (TPSA) is 42.0 Å². The van der Waals surface area contributed by atoms with Gasteiger partial charge in [0.1, 0.15) is 6.73 Å². The Balaban J connectivity index is 0.00000169. The van der Waals surface area contributed by atoms with Gasteiger partial charge in [-0.1, -0.05) is 0 Å². The van der Waals surface area contributed by atoms with Crippen molar-refractivity contribution in [2.24, 2.45) is 5.92 Å². The Morgan fingerprint density at radius 2 is 1.77 bits per heavy atom. The second kappa shape index (κ2) is 10.4. The molecule has 0 aromatic heterocycles. The maximum absolute atomic E-state index is 13.1. The molecule has 0 bridgehead atoms. The average Bonchev–Trinajstić information content (AvgIpc) is 2.99. The average molecular weight is 419 g/mol. The van der Waals surface area contributed by atoms with E-state index in [2.05, 4.69) is 4.90 Å². The third-order valence-corrected chi connectivity index (χ3v) is 5.39. The van der Waals surface area contributed by atoms with Gasteiger partial charge >= 0.3 is 5.97 Å². The monoisotopic (exact) mass is 418 g/mol. The number of hydrogen-bond donors (Lipinski definition) is 0. The Bertz CT molecular complexity index is 444. The smallest absolute Gasteiger partial charge is 0.308 e. The highest BCUT2D eigenvalue weighted by atomic mass is 35.5. The van der Waals surface area contributed by atoms with Crippen LogP contribution in [0.2, 0.25) is 0 Å². The number of ether oxygens (including phenoxy) is 2. The molecule has 2 saturated heterocycles. The molecule has 3 rings (SSSR count). The lowest BCUT2D eigenvalue weighted by atomic mass is 9.87. The number of hydrogen-bond acceptors (Lipinski definition) is 5. The summed E-state index contributed by atoms with van der Waals surface area (Å²) in [6.07, 6.45) is 5.58. The van der Waals surface area contributed by atoms with Gasteiger partial charge in [0.05, 0.1) is 37.9 Å². The molecule has 26 heavy (non-hydrogen) atoms. The Labute approximate surface area is 166 Å². The molecule has 0 unspecified atom stereocenters. The van der Waals surface area contributed by atoms with Crippen molar-refractivity contribution in [2.75, 3.05) is 33.0 Å². The van der Waals surface area contributed by atoms with Gasteiger partial charge in [-0.05, 0) is 45.4 Å². The van der Waals surface area contributed by atoms with Crippen LogP contribution in [0.4, 0.5) is 8.78 Å². The quantitative estimate of drug-likeness (QED) is 0.619. The summed E-state index contributed by atoms with van der Waals surface area (Å²) in [6, 6.07) is 0. The lowest BCUT2D eigenvalue weighted by molar-refractivity contribution is -0.175. The maximum Gasteiger partial charge on any atom is 0.308 e. The Kier molecular flexibility index (Phi) is 9.50. The molecule has 154 valence electrons. The van der Waals surface area contributed by atoms with Crippen molar-refractivity contribution in [3.63, 3.8) is 0 Å². The summed E-state index contributed by atoms with van der Waals surface area (Å²) in [6.45, 7) is 3.41. The normalized spacial score (nSPS) is 31.4. The van der Waals surface area contributed by atoms with E-state index in [1.807, 2.05) is 11.8 Å². The second-order valence-corrected chi connectivity index (χ2v) is 7.22. The molecule has 0 spiro atoms. The van der Waals surface area contributed by atoms with Gasteiger partial charge in [-0.3, -0.25) is 14.6 Å². The standard InChI is InChI=1S/C17H28F2N2O3.2ClH/c1-2-23-16(22)13-5-7-14(8-6-13)24-12-20-9-3-4-15(20)21-10-17(18,19)11-21;;/h13-15H,2-12H2,1H3;2*1H/t13-,14-,15-;;/m1../s1. The molecule has 0 N–H and O–H groups in total. The van der Waals surface area contributed by atoms with Crippen LogP contribution in [0.15, 0.2) is 0 Å². The molecule has 0 aromatic carbocycles. The lowest BCUT2D eigenvalue weighted by Gasteiger charge is -2.45. The predicted octanol–water partition coefficient (Wildman–Crippen LogP) is 3.30. The van der Waals surface area contributed by atoms with E-state index in [1.165, 1.54) is 0 Å². The predicted molar refractivity (Wildman–Crippen MR) is 99.1 cm³/mol. The Hall–Kier alpha value is -0.210. The summed E-state index contributed by atoms with van der Waals surface area (Å²) in [5.41, 5.74) is 0. The summed E-state index contributed by atoms with van der Waals surface area (Å²) >= 11 is 0. The molecule has 5 nitrogen and oxygen atoms in total. The maximum atomic E-state index is 13.1. The molecule has 1 atom stereocenters. The SMILES string of the molecule is CCOC(=O)[C@H]1CC[C@H](OCN2CCC[C@H]2N2CC(F)(F)C2)CC1.Cl.Cl. The van der Waals surface area contributed by atoms with Gasteiger partial charge in [0.15, 0.2) is 0 Å². The minimum atomic E-state index is -2.51. The van der Waals surface area contributed by atoms with Crippen LogP contribution in [0.5, 0.6) is 0 Å². The third kappa shape index (κ3) is 5.89. The number of rotatable bonds is 6. The van der Waals surface area contributed by atoms with Crippen molar-refractivity contribution in [3.05, 3.63) is 0 Å². The Morgan fingerprint density at radius 1 is 1.12 bits per heavy atom. The summed E-state index contributed by atoms with van der Waals surface area (Å²) in [5.74, 6) is -2.59. The highest BCUT2D eigenvalue weighted by Gasteiger charge is 2.48. The third-order valence-electron chi connectivity index (χ3n) is 5.39. The number of carbonyl (C=O) groups is 1. The van der Waals surface area contributed by atoms with Crippen LogP contribution in [0.25, 0.3) is 0 Å². The minimum Gasteiger partial charge on any atom is -0.466 e. The largest absolute Gasteiger partial charge is 0.466 e. The van der Waals surface area contributed by atoms with Crippen LogP contribution in [0, 0.1) is 5.92 Å². The highest BCUT2D eigenvalue weighted by molar-refractivity contribution is 5.85. The number of esters is 1. The minimum absolute atomic E-state index is 0. The number of nitrogens with zero attached hydrogens (tertiary/aromatic N) is 2. The van der Waals surface area contributed by atoms with Gasteiger partial charge in [0.25, 0.3) is 5.92 Å². The molecule has 3 fully saturated rings. The van der Waals surface area contributed by atoms with Crippen molar-refractivity contribution < 1.29 is 23.0 Å². The second-order valence-electron chi connectivity index (χ2n) is 7.22. The lowest BCUT2D eigenvalue weighted by Crippen LogP contribution is -2.62. The summed E-state index contributed by atoms with van der Waals surface area (Å²) in [4.78, 5) is 15.8. The fourth-order valence-electron chi connectivity index (χ4n) is 4.06. The van der Waals surface area contributed by atoms with Crippen molar-refractivity contribution >= 4 is 30.8 Å². The summed E-state index contributed by atoms with van der Waals surface area (Å²) < 4.78 is 37.2. The molecule has 1 aliphatic carbocycles. The molecule has 0 aromatic rings. The van der Waals surface area contributed by atoms with Crippen LogP contribution in [-0.2, 0) is 14.3 Å². The Morgan fingerprint density at radius 3 is 2.35 bits per heavy atom. The molecule has 9 heteroatoms. The summed E-state index contributed by atoms with van der Waals surface area (Å²) in [5, 5.41) is 0. The van der Waals surface area contributed by atoms with E-state index in [9.17, 15) is 13.6 Å². The van der Waals surface area contributed by atoms with Gasteiger partial charge in [-0.15, -0.1) is 24.8 Å². The zero-order valence-corrected chi connectivity index (χ0v) is 16.8. The first-order valence-corrected chi connectivity index (χ1v) is 9.12. The fraction of sp³-hybridized carbons (Fsp3) is 0.941. The van der Waals surface area contributed by atoms with Gasteiger partial charge in [0.2, 0.25) is 0 Å². The fourth-order valence-corrected chi connectivity index (χ4v) is 4.06.